The number of rotatable bonds is 8. The molecule has 0 bridgehead atoms. The van der Waals surface area contributed by atoms with E-state index in [0.717, 1.165) is 12.0 Å². The maximum absolute atomic E-state index is 11.8. The smallest absolute Gasteiger partial charge is 0.276 e. The molecule has 2 aromatic carbocycles. The van der Waals surface area contributed by atoms with E-state index in [2.05, 4.69) is 24.7 Å². The molecule has 6 heteroatoms. The van der Waals surface area contributed by atoms with Crippen molar-refractivity contribution < 1.29 is 19.1 Å². The Hall–Kier alpha value is -3.02. The van der Waals surface area contributed by atoms with E-state index in [1.807, 2.05) is 43.3 Å². The summed E-state index contributed by atoms with van der Waals surface area (Å²) in [6, 6.07) is 15.0. The van der Waals surface area contributed by atoms with Crippen LogP contribution in [0.25, 0.3) is 0 Å². The highest BCUT2D eigenvalue weighted by Crippen LogP contribution is 2.21. The summed E-state index contributed by atoms with van der Waals surface area (Å²) >= 11 is 0. The SMILES string of the molecule is CCC(C)c1ccc(OCC(=O)NNC(=O)COc2ccc(C)cc2)cc1. The summed E-state index contributed by atoms with van der Waals surface area (Å²) in [6.45, 7) is 5.88. The second-order valence-corrected chi connectivity index (χ2v) is 6.37. The maximum Gasteiger partial charge on any atom is 0.276 e. The van der Waals surface area contributed by atoms with Crippen LogP contribution in [0.4, 0.5) is 0 Å². The minimum absolute atomic E-state index is 0.193. The number of ether oxygens (including phenoxy) is 2. The first-order chi connectivity index (χ1) is 13.0. The molecule has 0 aliphatic rings. The Bertz CT molecular complexity index is 742. The molecule has 6 nitrogen and oxygen atoms in total. The first kappa shape index (κ1) is 20.3. The summed E-state index contributed by atoms with van der Waals surface area (Å²) < 4.78 is 10.7. The van der Waals surface area contributed by atoms with Gasteiger partial charge in [0.25, 0.3) is 11.8 Å². The molecule has 0 radical (unpaired) electrons. The molecule has 0 saturated heterocycles. The number of nitrogens with one attached hydrogen (secondary N) is 2. The van der Waals surface area contributed by atoms with Crippen molar-refractivity contribution in [2.45, 2.75) is 33.1 Å². The molecule has 0 saturated carbocycles. The molecule has 2 rings (SSSR count). The molecule has 2 N–H and O–H groups in total. The minimum Gasteiger partial charge on any atom is -0.484 e. The van der Waals surface area contributed by atoms with Crippen molar-refractivity contribution in [1.82, 2.24) is 10.9 Å². The van der Waals surface area contributed by atoms with Gasteiger partial charge >= 0.3 is 0 Å². The molecule has 0 aliphatic heterocycles. The largest absolute Gasteiger partial charge is 0.484 e. The zero-order valence-corrected chi connectivity index (χ0v) is 16.0. The van der Waals surface area contributed by atoms with E-state index >= 15 is 0 Å². The summed E-state index contributed by atoms with van der Waals surface area (Å²) in [4.78, 5) is 23.5. The van der Waals surface area contributed by atoms with E-state index in [0.29, 0.717) is 17.4 Å². The fourth-order valence-electron chi connectivity index (χ4n) is 2.27. The average Bonchev–Trinajstić information content (AvgIpc) is 2.70. The molecular weight excluding hydrogens is 344 g/mol. The zero-order valence-electron chi connectivity index (χ0n) is 16.0. The van der Waals surface area contributed by atoms with Gasteiger partial charge in [0.05, 0.1) is 0 Å². The van der Waals surface area contributed by atoms with Gasteiger partial charge in [0.1, 0.15) is 11.5 Å². The first-order valence-corrected chi connectivity index (χ1v) is 8.98. The fraction of sp³-hybridized carbons (Fsp3) is 0.333. The van der Waals surface area contributed by atoms with E-state index in [1.165, 1.54) is 5.56 Å². The second-order valence-electron chi connectivity index (χ2n) is 6.37. The van der Waals surface area contributed by atoms with Crippen LogP contribution in [0.1, 0.15) is 37.3 Å². The van der Waals surface area contributed by atoms with Crippen LogP contribution in [-0.2, 0) is 9.59 Å². The van der Waals surface area contributed by atoms with Gasteiger partial charge in [-0.2, -0.15) is 0 Å². The molecule has 0 spiro atoms. The molecular formula is C21H26N2O4. The van der Waals surface area contributed by atoms with Gasteiger partial charge in [0.2, 0.25) is 0 Å². The molecule has 2 amide bonds. The molecule has 0 aromatic heterocycles. The Morgan fingerprint density at radius 3 is 1.74 bits per heavy atom. The van der Waals surface area contributed by atoms with E-state index in [9.17, 15) is 9.59 Å². The van der Waals surface area contributed by atoms with Gasteiger partial charge in [0, 0.05) is 0 Å². The van der Waals surface area contributed by atoms with Crippen LogP contribution in [0.5, 0.6) is 11.5 Å². The van der Waals surface area contributed by atoms with Crippen LogP contribution < -0.4 is 20.3 Å². The third kappa shape index (κ3) is 7.01. The third-order valence-electron chi connectivity index (χ3n) is 4.16. The monoisotopic (exact) mass is 370 g/mol. The lowest BCUT2D eigenvalue weighted by Gasteiger charge is -2.11. The highest BCUT2D eigenvalue weighted by atomic mass is 16.5. The number of amides is 2. The second kappa shape index (κ2) is 10.2. The lowest BCUT2D eigenvalue weighted by molar-refractivity contribution is -0.131. The molecule has 27 heavy (non-hydrogen) atoms. The van der Waals surface area contributed by atoms with Crippen molar-refractivity contribution in [3.8, 4) is 11.5 Å². The van der Waals surface area contributed by atoms with Crippen LogP contribution in [0.2, 0.25) is 0 Å². The van der Waals surface area contributed by atoms with Crippen LogP contribution in [0.3, 0.4) is 0 Å². The number of hydrazine groups is 1. The highest BCUT2D eigenvalue weighted by molar-refractivity contribution is 5.83. The maximum atomic E-state index is 11.8. The van der Waals surface area contributed by atoms with Gasteiger partial charge in [-0.15, -0.1) is 0 Å². The average molecular weight is 370 g/mol. The summed E-state index contributed by atoms with van der Waals surface area (Å²) in [7, 11) is 0. The number of benzene rings is 2. The van der Waals surface area contributed by atoms with Crippen molar-refractivity contribution in [2.24, 2.45) is 0 Å². The van der Waals surface area contributed by atoms with Gasteiger partial charge in [-0.05, 0) is 49.1 Å². The molecule has 0 aliphatic carbocycles. The standard InChI is InChI=1S/C21H26N2O4/c1-4-16(3)17-7-11-19(12-8-17)27-14-21(25)23-22-20(24)13-26-18-9-5-15(2)6-10-18/h5-12,16H,4,13-14H2,1-3H3,(H,22,24)(H,23,25). The molecule has 1 atom stereocenters. The van der Waals surface area contributed by atoms with Gasteiger partial charge in [-0.1, -0.05) is 43.7 Å². The lowest BCUT2D eigenvalue weighted by Crippen LogP contribution is -2.45. The normalized spacial score (nSPS) is 11.4. The molecule has 144 valence electrons. The molecule has 1 unspecified atom stereocenters. The Kier molecular flexibility index (Phi) is 7.67. The van der Waals surface area contributed by atoms with Crippen molar-refractivity contribution in [1.29, 1.82) is 0 Å². The summed E-state index contributed by atoms with van der Waals surface area (Å²) in [5.41, 5.74) is 6.92. The van der Waals surface area contributed by atoms with E-state index in [4.69, 9.17) is 9.47 Å². The van der Waals surface area contributed by atoms with Crippen molar-refractivity contribution >= 4 is 11.8 Å². The fourth-order valence-corrected chi connectivity index (χ4v) is 2.27. The summed E-state index contributed by atoms with van der Waals surface area (Å²) in [5, 5.41) is 0. The van der Waals surface area contributed by atoms with E-state index in [1.54, 1.807) is 12.1 Å². The Morgan fingerprint density at radius 1 is 0.852 bits per heavy atom. The third-order valence-corrected chi connectivity index (χ3v) is 4.16. The van der Waals surface area contributed by atoms with Crippen molar-refractivity contribution in [3.05, 3.63) is 59.7 Å². The number of carbonyl (C=O) groups excluding carboxylic acids is 2. The zero-order chi connectivity index (χ0) is 19.6. The van der Waals surface area contributed by atoms with Crippen LogP contribution in [0.15, 0.2) is 48.5 Å². The van der Waals surface area contributed by atoms with Crippen LogP contribution >= 0.6 is 0 Å². The predicted molar refractivity (Wildman–Crippen MR) is 104 cm³/mol. The summed E-state index contributed by atoms with van der Waals surface area (Å²) in [6.07, 6.45) is 1.07. The highest BCUT2D eigenvalue weighted by Gasteiger charge is 2.07. The number of hydrogen-bond donors (Lipinski definition) is 2. The number of hydrogen-bond acceptors (Lipinski definition) is 4. The van der Waals surface area contributed by atoms with E-state index in [-0.39, 0.29) is 13.2 Å². The Balaban J connectivity index is 1.66. The van der Waals surface area contributed by atoms with Crippen LogP contribution in [0, 0.1) is 6.92 Å². The van der Waals surface area contributed by atoms with Gasteiger partial charge in [-0.3, -0.25) is 20.4 Å². The molecule has 0 fully saturated rings. The van der Waals surface area contributed by atoms with Crippen molar-refractivity contribution in [3.63, 3.8) is 0 Å². The Labute approximate surface area is 159 Å². The Morgan fingerprint density at radius 2 is 1.30 bits per heavy atom. The van der Waals surface area contributed by atoms with Gasteiger partial charge in [-0.25, -0.2) is 0 Å². The predicted octanol–water partition coefficient (Wildman–Crippen LogP) is 3.11. The van der Waals surface area contributed by atoms with Crippen LogP contribution in [-0.4, -0.2) is 25.0 Å². The number of aryl methyl sites for hydroxylation is 1. The number of carbonyl (C=O) groups is 2. The first-order valence-electron chi connectivity index (χ1n) is 8.98. The van der Waals surface area contributed by atoms with E-state index < -0.39 is 11.8 Å². The molecule has 0 heterocycles. The summed E-state index contributed by atoms with van der Waals surface area (Å²) in [5.74, 6) is 0.767. The van der Waals surface area contributed by atoms with Crippen molar-refractivity contribution in [2.75, 3.05) is 13.2 Å². The van der Waals surface area contributed by atoms with Gasteiger partial charge < -0.3 is 9.47 Å². The minimum atomic E-state index is -0.457. The topological polar surface area (TPSA) is 76.7 Å². The lowest BCUT2D eigenvalue weighted by atomic mass is 9.99. The quantitative estimate of drug-likeness (QED) is 0.700. The molecule has 2 aromatic rings. The van der Waals surface area contributed by atoms with Gasteiger partial charge in [0.15, 0.2) is 13.2 Å².